The SMILES string of the molecule is CCc1ccc(NC(=S)NCc2nc(-c3ccc(Cl)cc3)no2)cc1. The molecule has 0 spiro atoms. The van der Waals surface area contributed by atoms with Gasteiger partial charge in [-0.05, 0) is 60.6 Å². The molecule has 0 fully saturated rings. The molecule has 0 saturated heterocycles. The number of aromatic nitrogens is 2. The van der Waals surface area contributed by atoms with Crippen LogP contribution in [-0.4, -0.2) is 15.3 Å². The van der Waals surface area contributed by atoms with Gasteiger partial charge >= 0.3 is 0 Å². The lowest BCUT2D eigenvalue weighted by Crippen LogP contribution is -2.28. The van der Waals surface area contributed by atoms with Gasteiger partial charge in [0.05, 0.1) is 6.54 Å². The molecule has 7 heteroatoms. The van der Waals surface area contributed by atoms with Gasteiger partial charge in [0.25, 0.3) is 0 Å². The van der Waals surface area contributed by atoms with Crippen LogP contribution in [0.2, 0.25) is 5.02 Å². The van der Waals surface area contributed by atoms with E-state index < -0.39 is 0 Å². The average Bonchev–Trinajstić information content (AvgIpc) is 3.10. The number of nitrogens with one attached hydrogen (secondary N) is 2. The Labute approximate surface area is 156 Å². The van der Waals surface area contributed by atoms with E-state index in [9.17, 15) is 0 Å². The summed E-state index contributed by atoms with van der Waals surface area (Å²) in [6, 6.07) is 15.4. The molecule has 0 amide bonds. The van der Waals surface area contributed by atoms with Crippen molar-refractivity contribution in [3.8, 4) is 11.4 Å². The summed E-state index contributed by atoms with van der Waals surface area (Å²) in [5.41, 5.74) is 3.06. The molecule has 0 radical (unpaired) electrons. The van der Waals surface area contributed by atoms with Crippen molar-refractivity contribution in [1.82, 2.24) is 15.5 Å². The molecule has 0 atom stereocenters. The van der Waals surface area contributed by atoms with Crippen LogP contribution in [0.5, 0.6) is 0 Å². The molecule has 1 aromatic heterocycles. The lowest BCUT2D eigenvalue weighted by molar-refractivity contribution is 0.376. The van der Waals surface area contributed by atoms with Crippen LogP contribution in [0.3, 0.4) is 0 Å². The van der Waals surface area contributed by atoms with Crippen LogP contribution in [0, 0.1) is 0 Å². The number of thiocarbonyl (C=S) groups is 1. The standard InChI is InChI=1S/C18H17ClN4OS/c1-2-12-3-9-15(10-4-12)21-18(25)20-11-16-22-17(23-24-16)13-5-7-14(19)8-6-13/h3-10H,2,11H2,1H3,(H2,20,21,25). The van der Waals surface area contributed by atoms with Crippen molar-refractivity contribution in [3.05, 3.63) is 65.0 Å². The van der Waals surface area contributed by atoms with Crippen LogP contribution >= 0.6 is 23.8 Å². The Morgan fingerprint density at radius 3 is 2.52 bits per heavy atom. The molecule has 1 heterocycles. The number of aryl methyl sites for hydroxylation is 1. The maximum Gasteiger partial charge on any atom is 0.246 e. The monoisotopic (exact) mass is 372 g/mol. The Balaban J connectivity index is 1.54. The highest BCUT2D eigenvalue weighted by Gasteiger charge is 2.09. The zero-order chi connectivity index (χ0) is 17.6. The fraction of sp³-hybridized carbons (Fsp3) is 0.167. The maximum atomic E-state index is 5.88. The second-order valence-corrected chi connectivity index (χ2v) is 6.22. The first kappa shape index (κ1) is 17.4. The number of halogens is 1. The quantitative estimate of drug-likeness (QED) is 0.645. The van der Waals surface area contributed by atoms with Crippen LogP contribution in [0.15, 0.2) is 53.1 Å². The lowest BCUT2D eigenvalue weighted by atomic mass is 10.1. The molecule has 0 unspecified atom stereocenters. The number of nitrogens with zero attached hydrogens (tertiary/aromatic N) is 2. The van der Waals surface area contributed by atoms with Crippen LogP contribution in [-0.2, 0) is 13.0 Å². The molecule has 0 aliphatic heterocycles. The first-order valence-electron chi connectivity index (χ1n) is 7.86. The van der Waals surface area contributed by atoms with Gasteiger partial charge in [0, 0.05) is 16.3 Å². The molecule has 0 bridgehead atoms. The van der Waals surface area contributed by atoms with Gasteiger partial charge < -0.3 is 15.2 Å². The van der Waals surface area contributed by atoms with Crippen molar-refractivity contribution in [2.75, 3.05) is 5.32 Å². The van der Waals surface area contributed by atoms with Crippen LogP contribution in [0.25, 0.3) is 11.4 Å². The van der Waals surface area contributed by atoms with Crippen molar-refractivity contribution >= 4 is 34.6 Å². The molecule has 128 valence electrons. The summed E-state index contributed by atoms with van der Waals surface area (Å²) in [6.07, 6.45) is 1.01. The normalized spacial score (nSPS) is 10.5. The second kappa shape index (κ2) is 8.09. The van der Waals surface area contributed by atoms with E-state index in [1.807, 2.05) is 24.3 Å². The van der Waals surface area contributed by atoms with Gasteiger partial charge in [0.2, 0.25) is 11.7 Å². The van der Waals surface area contributed by atoms with Gasteiger partial charge in [-0.15, -0.1) is 0 Å². The largest absolute Gasteiger partial charge is 0.353 e. The minimum Gasteiger partial charge on any atom is -0.353 e. The van der Waals surface area contributed by atoms with E-state index >= 15 is 0 Å². The Kier molecular flexibility index (Phi) is 5.63. The fourth-order valence-electron chi connectivity index (χ4n) is 2.20. The number of benzene rings is 2. The van der Waals surface area contributed by atoms with Crippen molar-refractivity contribution < 1.29 is 4.52 Å². The van der Waals surface area contributed by atoms with E-state index in [0.717, 1.165) is 17.7 Å². The molecule has 3 rings (SSSR count). The summed E-state index contributed by atoms with van der Waals surface area (Å²) in [6.45, 7) is 2.47. The molecular weight excluding hydrogens is 356 g/mol. The average molecular weight is 373 g/mol. The Morgan fingerprint density at radius 2 is 1.84 bits per heavy atom. The zero-order valence-electron chi connectivity index (χ0n) is 13.6. The van der Waals surface area contributed by atoms with E-state index in [1.165, 1.54) is 5.56 Å². The van der Waals surface area contributed by atoms with Gasteiger partial charge in [-0.2, -0.15) is 4.98 Å². The molecular formula is C18H17ClN4OS. The third-order valence-electron chi connectivity index (χ3n) is 3.59. The highest BCUT2D eigenvalue weighted by atomic mass is 35.5. The highest BCUT2D eigenvalue weighted by molar-refractivity contribution is 7.80. The van der Waals surface area contributed by atoms with E-state index in [1.54, 1.807) is 12.1 Å². The van der Waals surface area contributed by atoms with Crippen LogP contribution in [0.1, 0.15) is 18.4 Å². The van der Waals surface area contributed by atoms with Gasteiger partial charge in [-0.1, -0.05) is 35.8 Å². The van der Waals surface area contributed by atoms with Gasteiger partial charge in [0.15, 0.2) is 5.11 Å². The third kappa shape index (κ3) is 4.78. The summed E-state index contributed by atoms with van der Waals surface area (Å²) in [4.78, 5) is 4.34. The number of rotatable bonds is 5. The summed E-state index contributed by atoms with van der Waals surface area (Å²) < 4.78 is 5.24. The minimum atomic E-state index is 0.347. The van der Waals surface area contributed by atoms with Crippen molar-refractivity contribution in [3.63, 3.8) is 0 Å². The van der Waals surface area contributed by atoms with E-state index in [0.29, 0.717) is 28.4 Å². The van der Waals surface area contributed by atoms with Gasteiger partial charge in [-0.3, -0.25) is 0 Å². The first-order chi connectivity index (χ1) is 12.1. The van der Waals surface area contributed by atoms with Crippen molar-refractivity contribution in [2.45, 2.75) is 19.9 Å². The summed E-state index contributed by atoms with van der Waals surface area (Å²) in [5, 5.41) is 11.3. The molecule has 5 nitrogen and oxygen atoms in total. The van der Waals surface area contributed by atoms with Gasteiger partial charge in [0.1, 0.15) is 0 Å². The summed E-state index contributed by atoms with van der Waals surface area (Å²) >= 11 is 11.2. The second-order valence-electron chi connectivity index (χ2n) is 5.38. The topological polar surface area (TPSA) is 63.0 Å². The lowest BCUT2D eigenvalue weighted by Gasteiger charge is -2.09. The molecule has 0 saturated carbocycles. The van der Waals surface area contributed by atoms with Crippen LogP contribution < -0.4 is 10.6 Å². The molecule has 2 aromatic carbocycles. The zero-order valence-corrected chi connectivity index (χ0v) is 15.2. The van der Waals surface area contributed by atoms with Crippen LogP contribution in [0.4, 0.5) is 5.69 Å². The van der Waals surface area contributed by atoms with E-state index in [4.69, 9.17) is 28.3 Å². The number of hydrogen-bond acceptors (Lipinski definition) is 4. The molecule has 0 aliphatic rings. The highest BCUT2D eigenvalue weighted by Crippen LogP contribution is 2.18. The Bertz CT molecular complexity index is 846. The molecule has 25 heavy (non-hydrogen) atoms. The predicted octanol–water partition coefficient (Wildman–Crippen LogP) is 4.44. The van der Waals surface area contributed by atoms with Crippen molar-refractivity contribution in [1.29, 1.82) is 0 Å². The number of anilines is 1. The smallest absolute Gasteiger partial charge is 0.246 e. The third-order valence-corrected chi connectivity index (χ3v) is 4.09. The minimum absolute atomic E-state index is 0.347. The van der Waals surface area contributed by atoms with Crippen molar-refractivity contribution in [2.24, 2.45) is 0 Å². The van der Waals surface area contributed by atoms with E-state index in [2.05, 4.69) is 39.8 Å². The Morgan fingerprint density at radius 1 is 1.12 bits per heavy atom. The first-order valence-corrected chi connectivity index (χ1v) is 8.65. The fourth-order valence-corrected chi connectivity index (χ4v) is 2.51. The molecule has 0 aliphatic carbocycles. The number of hydrogen-bond donors (Lipinski definition) is 2. The Hall–Kier alpha value is -2.44. The predicted molar refractivity (Wildman–Crippen MR) is 104 cm³/mol. The summed E-state index contributed by atoms with van der Waals surface area (Å²) in [7, 11) is 0. The summed E-state index contributed by atoms with van der Waals surface area (Å²) in [5.74, 6) is 0.970. The molecule has 2 N–H and O–H groups in total. The van der Waals surface area contributed by atoms with Gasteiger partial charge in [-0.25, -0.2) is 0 Å². The molecule has 3 aromatic rings. The van der Waals surface area contributed by atoms with E-state index in [-0.39, 0.29) is 0 Å². The maximum absolute atomic E-state index is 5.88.